The fraction of sp³-hybridized carbons (Fsp3) is 0.353. The summed E-state index contributed by atoms with van der Waals surface area (Å²) in [4.78, 5) is 19.2. The third-order valence-corrected chi connectivity index (χ3v) is 5.49. The van der Waals surface area contributed by atoms with Crippen molar-refractivity contribution >= 4 is 27.6 Å². The van der Waals surface area contributed by atoms with Crippen LogP contribution in [-0.4, -0.2) is 39.2 Å². The molecular formula is C17H19N5OS. The molecule has 2 aromatic heterocycles. The highest BCUT2D eigenvalue weighted by atomic mass is 32.1. The lowest BCUT2D eigenvalue weighted by Gasteiger charge is -2.23. The summed E-state index contributed by atoms with van der Waals surface area (Å²) in [6.07, 6.45) is 6.42. The molecule has 2 N–H and O–H groups in total. The maximum Gasteiger partial charge on any atom is 0.318 e. The molecular weight excluding hydrogens is 322 g/mol. The van der Waals surface area contributed by atoms with Gasteiger partial charge < -0.3 is 10.2 Å². The zero-order chi connectivity index (χ0) is 16.4. The number of urea groups is 1. The Morgan fingerprint density at radius 1 is 1.42 bits per heavy atom. The number of carbonyl (C=O) groups excluding carboxylic acids is 1. The van der Waals surface area contributed by atoms with Gasteiger partial charge in [-0.05, 0) is 37.0 Å². The van der Waals surface area contributed by atoms with Gasteiger partial charge in [-0.25, -0.2) is 9.78 Å². The van der Waals surface area contributed by atoms with Crippen molar-refractivity contribution in [1.82, 2.24) is 25.4 Å². The van der Waals surface area contributed by atoms with Gasteiger partial charge in [-0.2, -0.15) is 5.10 Å². The van der Waals surface area contributed by atoms with E-state index in [0.29, 0.717) is 6.54 Å². The second-order valence-corrected chi connectivity index (χ2v) is 7.02. The fourth-order valence-corrected chi connectivity index (χ4v) is 4.24. The highest BCUT2D eigenvalue weighted by Crippen LogP contribution is 2.36. The summed E-state index contributed by atoms with van der Waals surface area (Å²) in [6.45, 7) is 1.40. The number of hydrogen-bond donors (Lipinski definition) is 2. The van der Waals surface area contributed by atoms with Crippen molar-refractivity contribution in [3.05, 3.63) is 47.2 Å². The van der Waals surface area contributed by atoms with E-state index >= 15 is 0 Å². The van der Waals surface area contributed by atoms with Crippen LogP contribution >= 0.6 is 11.3 Å². The molecule has 0 radical (unpaired) electrons. The van der Waals surface area contributed by atoms with Crippen LogP contribution in [0.3, 0.4) is 0 Å². The molecule has 3 heterocycles. The predicted molar refractivity (Wildman–Crippen MR) is 94.0 cm³/mol. The summed E-state index contributed by atoms with van der Waals surface area (Å²) >= 11 is 1.69. The Bertz CT molecular complexity index is 796. The number of likely N-dealkylation sites (tertiary alicyclic amines) is 1. The van der Waals surface area contributed by atoms with Gasteiger partial charge in [0.25, 0.3) is 0 Å². The smallest absolute Gasteiger partial charge is 0.318 e. The van der Waals surface area contributed by atoms with Crippen molar-refractivity contribution in [2.45, 2.75) is 25.3 Å². The molecule has 6 nitrogen and oxygen atoms in total. The van der Waals surface area contributed by atoms with Crippen molar-refractivity contribution in [2.24, 2.45) is 0 Å². The summed E-state index contributed by atoms with van der Waals surface area (Å²) in [5, 5.41) is 10.8. The SMILES string of the molecule is O=C(NCCc1cn[nH]c1)N1CCCC1c1nc2ccccc2s1. The predicted octanol–water partition coefficient (Wildman–Crippen LogP) is 3.11. The Morgan fingerprint density at radius 3 is 3.17 bits per heavy atom. The Kier molecular flexibility index (Phi) is 4.17. The summed E-state index contributed by atoms with van der Waals surface area (Å²) in [7, 11) is 0. The molecule has 0 spiro atoms. The van der Waals surface area contributed by atoms with Gasteiger partial charge in [0.1, 0.15) is 5.01 Å². The number of aromatic nitrogens is 3. The van der Waals surface area contributed by atoms with Crippen LogP contribution in [0.1, 0.15) is 29.5 Å². The van der Waals surface area contributed by atoms with Crippen LogP contribution in [0.4, 0.5) is 4.79 Å². The molecule has 124 valence electrons. The number of amides is 2. The van der Waals surface area contributed by atoms with Gasteiger partial charge in [0.15, 0.2) is 0 Å². The summed E-state index contributed by atoms with van der Waals surface area (Å²) < 4.78 is 1.18. The Hall–Kier alpha value is -2.41. The van der Waals surface area contributed by atoms with Crippen LogP contribution in [-0.2, 0) is 6.42 Å². The highest BCUT2D eigenvalue weighted by Gasteiger charge is 2.32. The zero-order valence-electron chi connectivity index (χ0n) is 13.2. The van der Waals surface area contributed by atoms with E-state index in [0.717, 1.165) is 41.9 Å². The van der Waals surface area contributed by atoms with Gasteiger partial charge in [-0.3, -0.25) is 5.10 Å². The molecule has 24 heavy (non-hydrogen) atoms. The molecule has 3 aromatic rings. The number of benzene rings is 1. The molecule has 4 rings (SSSR count). The first kappa shape index (κ1) is 15.1. The lowest BCUT2D eigenvalue weighted by atomic mass is 10.2. The Balaban J connectivity index is 1.42. The number of rotatable bonds is 4. The van der Waals surface area contributed by atoms with Crippen molar-refractivity contribution < 1.29 is 4.79 Å². The van der Waals surface area contributed by atoms with Gasteiger partial charge in [-0.15, -0.1) is 11.3 Å². The van der Waals surface area contributed by atoms with Crippen LogP contribution in [0.25, 0.3) is 10.2 Å². The standard InChI is InChI=1S/C17H19N5OS/c23-17(18-8-7-12-10-19-20-11-12)22-9-3-5-14(22)16-21-13-4-1-2-6-15(13)24-16/h1-2,4,6,10-11,14H,3,5,7-9H2,(H,18,23)(H,19,20). The third-order valence-electron chi connectivity index (χ3n) is 4.35. The minimum absolute atomic E-state index is 0.000232. The number of thiazole rings is 1. The van der Waals surface area contributed by atoms with Crippen LogP contribution in [0.5, 0.6) is 0 Å². The summed E-state index contributed by atoms with van der Waals surface area (Å²) in [5.74, 6) is 0. The number of aromatic amines is 1. The lowest BCUT2D eigenvalue weighted by Crippen LogP contribution is -2.40. The van der Waals surface area contributed by atoms with Crippen molar-refractivity contribution in [3.8, 4) is 0 Å². The molecule has 1 atom stereocenters. The van der Waals surface area contributed by atoms with Crippen LogP contribution in [0.15, 0.2) is 36.7 Å². The van der Waals surface area contributed by atoms with E-state index in [1.54, 1.807) is 17.5 Å². The largest absolute Gasteiger partial charge is 0.338 e. The molecule has 0 saturated carbocycles. The fourth-order valence-electron chi connectivity index (χ4n) is 3.13. The topological polar surface area (TPSA) is 73.9 Å². The molecule has 1 aromatic carbocycles. The Labute approximate surface area is 143 Å². The van der Waals surface area contributed by atoms with Gasteiger partial charge >= 0.3 is 6.03 Å². The first-order valence-electron chi connectivity index (χ1n) is 8.19. The highest BCUT2D eigenvalue weighted by molar-refractivity contribution is 7.18. The van der Waals surface area contributed by atoms with E-state index in [4.69, 9.17) is 4.98 Å². The monoisotopic (exact) mass is 341 g/mol. The first-order chi connectivity index (χ1) is 11.8. The second kappa shape index (κ2) is 6.60. The number of carbonyl (C=O) groups is 1. The lowest BCUT2D eigenvalue weighted by molar-refractivity contribution is 0.193. The average molecular weight is 341 g/mol. The number of H-pyrrole nitrogens is 1. The minimum atomic E-state index is 0.000232. The quantitative estimate of drug-likeness (QED) is 0.766. The number of fused-ring (bicyclic) bond motifs is 1. The van der Waals surface area contributed by atoms with Crippen molar-refractivity contribution in [2.75, 3.05) is 13.1 Å². The number of para-hydroxylation sites is 1. The van der Waals surface area contributed by atoms with Gasteiger partial charge in [-0.1, -0.05) is 12.1 Å². The molecule has 2 amide bonds. The van der Waals surface area contributed by atoms with E-state index in [9.17, 15) is 4.79 Å². The normalized spacial score (nSPS) is 17.5. The Morgan fingerprint density at radius 2 is 2.33 bits per heavy atom. The molecule has 7 heteroatoms. The first-order valence-corrected chi connectivity index (χ1v) is 9.00. The third kappa shape index (κ3) is 2.99. The van der Waals surface area contributed by atoms with E-state index in [1.807, 2.05) is 29.3 Å². The number of hydrogen-bond acceptors (Lipinski definition) is 4. The second-order valence-electron chi connectivity index (χ2n) is 5.96. The van der Waals surface area contributed by atoms with E-state index in [2.05, 4.69) is 21.6 Å². The van der Waals surface area contributed by atoms with Crippen LogP contribution in [0, 0.1) is 0 Å². The van der Waals surface area contributed by atoms with Crippen LogP contribution < -0.4 is 5.32 Å². The zero-order valence-corrected chi connectivity index (χ0v) is 14.1. The number of nitrogens with zero attached hydrogens (tertiary/aromatic N) is 3. The average Bonchev–Trinajstić information content (AvgIpc) is 3.33. The van der Waals surface area contributed by atoms with Gasteiger partial charge in [0.2, 0.25) is 0 Å². The van der Waals surface area contributed by atoms with E-state index in [-0.39, 0.29) is 12.1 Å². The molecule has 1 aliphatic rings. The number of nitrogens with one attached hydrogen (secondary N) is 2. The van der Waals surface area contributed by atoms with Crippen molar-refractivity contribution in [3.63, 3.8) is 0 Å². The summed E-state index contributed by atoms with van der Waals surface area (Å²) in [5.41, 5.74) is 2.11. The molecule has 1 fully saturated rings. The minimum Gasteiger partial charge on any atom is -0.338 e. The maximum atomic E-state index is 12.5. The molecule has 1 aliphatic heterocycles. The van der Waals surface area contributed by atoms with Crippen LogP contribution in [0.2, 0.25) is 0 Å². The summed E-state index contributed by atoms with van der Waals surface area (Å²) in [6, 6.07) is 8.23. The van der Waals surface area contributed by atoms with Gasteiger partial charge in [0, 0.05) is 19.3 Å². The molecule has 0 aliphatic carbocycles. The van der Waals surface area contributed by atoms with Gasteiger partial charge in [0.05, 0.1) is 22.5 Å². The molecule has 1 saturated heterocycles. The van der Waals surface area contributed by atoms with E-state index < -0.39 is 0 Å². The molecule has 1 unspecified atom stereocenters. The van der Waals surface area contributed by atoms with Crippen molar-refractivity contribution in [1.29, 1.82) is 0 Å². The molecule has 0 bridgehead atoms. The maximum absolute atomic E-state index is 12.5. The van der Waals surface area contributed by atoms with E-state index in [1.165, 1.54) is 4.70 Å².